The maximum Gasteiger partial charge on any atom is 0.0753 e. The van der Waals surface area contributed by atoms with E-state index < -0.39 is 0 Å². The van der Waals surface area contributed by atoms with Gasteiger partial charge in [0, 0.05) is 19.1 Å². The Bertz CT molecular complexity index is 188. The monoisotopic (exact) mass is 198 g/mol. The Kier molecular flexibility index (Phi) is 3.10. The summed E-state index contributed by atoms with van der Waals surface area (Å²) in [6, 6.07) is 0.791. The second-order valence-corrected chi connectivity index (χ2v) is 5.06. The van der Waals surface area contributed by atoms with Crippen molar-refractivity contribution in [2.45, 2.75) is 38.3 Å². The van der Waals surface area contributed by atoms with E-state index in [1.165, 1.54) is 25.9 Å². The third kappa shape index (κ3) is 2.47. The Morgan fingerprint density at radius 3 is 2.64 bits per heavy atom. The zero-order valence-electron chi connectivity index (χ0n) is 9.38. The molecule has 2 aliphatic heterocycles. The standard InChI is InChI=1S/C11H22N2O/c1-11(2)9-13(7-8-14-11)10-3-5-12-6-4-10/h10,12H,3-9H2,1-2H3. The summed E-state index contributed by atoms with van der Waals surface area (Å²) in [6.45, 7) is 9.87. The van der Waals surface area contributed by atoms with E-state index in [0.717, 1.165) is 25.7 Å². The van der Waals surface area contributed by atoms with E-state index in [-0.39, 0.29) is 5.60 Å². The largest absolute Gasteiger partial charge is 0.373 e. The topological polar surface area (TPSA) is 24.5 Å². The number of ether oxygens (including phenoxy) is 1. The van der Waals surface area contributed by atoms with Gasteiger partial charge >= 0.3 is 0 Å². The highest BCUT2D eigenvalue weighted by atomic mass is 16.5. The summed E-state index contributed by atoms with van der Waals surface area (Å²) in [7, 11) is 0. The number of hydrogen-bond acceptors (Lipinski definition) is 3. The molecule has 2 heterocycles. The van der Waals surface area contributed by atoms with Crippen molar-refractivity contribution in [3.05, 3.63) is 0 Å². The van der Waals surface area contributed by atoms with Crippen LogP contribution in [0.15, 0.2) is 0 Å². The zero-order chi connectivity index (χ0) is 10.0. The lowest BCUT2D eigenvalue weighted by molar-refractivity contribution is -0.0995. The Morgan fingerprint density at radius 1 is 1.29 bits per heavy atom. The molecule has 3 nitrogen and oxygen atoms in total. The molecule has 2 rings (SSSR count). The number of hydrogen-bond donors (Lipinski definition) is 1. The van der Waals surface area contributed by atoms with Crippen LogP contribution in [0.4, 0.5) is 0 Å². The molecule has 0 amide bonds. The fourth-order valence-electron chi connectivity index (χ4n) is 2.54. The zero-order valence-corrected chi connectivity index (χ0v) is 9.38. The average molecular weight is 198 g/mol. The van der Waals surface area contributed by atoms with E-state index in [1.807, 2.05) is 0 Å². The van der Waals surface area contributed by atoms with Crippen molar-refractivity contribution >= 4 is 0 Å². The summed E-state index contributed by atoms with van der Waals surface area (Å²) in [5.74, 6) is 0. The third-order valence-corrected chi connectivity index (χ3v) is 3.28. The summed E-state index contributed by atoms with van der Waals surface area (Å²) in [4.78, 5) is 2.62. The first-order chi connectivity index (χ1) is 6.67. The SMILES string of the molecule is CC1(C)CN(C2CCNCC2)CCO1. The van der Waals surface area contributed by atoms with Crippen molar-refractivity contribution in [1.29, 1.82) is 0 Å². The van der Waals surface area contributed by atoms with E-state index in [4.69, 9.17) is 4.74 Å². The molecule has 0 radical (unpaired) electrons. The maximum atomic E-state index is 5.73. The van der Waals surface area contributed by atoms with E-state index in [2.05, 4.69) is 24.1 Å². The van der Waals surface area contributed by atoms with Gasteiger partial charge in [0.15, 0.2) is 0 Å². The quantitative estimate of drug-likeness (QED) is 0.676. The molecule has 14 heavy (non-hydrogen) atoms. The molecule has 2 fully saturated rings. The van der Waals surface area contributed by atoms with Crippen molar-refractivity contribution in [2.75, 3.05) is 32.8 Å². The first-order valence-corrected chi connectivity index (χ1v) is 5.76. The molecule has 0 saturated carbocycles. The van der Waals surface area contributed by atoms with Crippen molar-refractivity contribution in [3.63, 3.8) is 0 Å². The fraction of sp³-hybridized carbons (Fsp3) is 1.00. The average Bonchev–Trinajstić information content (AvgIpc) is 2.18. The second-order valence-electron chi connectivity index (χ2n) is 5.06. The van der Waals surface area contributed by atoms with Crippen molar-refractivity contribution in [3.8, 4) is 0 Å². The van der Waals surface area contributed by atoms with Crippen molar-refractivity contribution in [2.24, 2.45) is 0 Å². The molecule has 2 saturated heterocycles. The van der Waals surface area contributed by atoms with Gasteiger partial charge in [0.1, 0.15) is 0 Å². The predicted octanol–water partition coefficient (Wildman–Crippen LogP) is 0.849. The number of nitrogens with zero attached hydrogens (tertiary/aromatic N) is 1. The number of nitrogens with one attached hydrogen (secondary N) is 1. The highest BCUT2D eigenvalue weighted by Crippen LogP contribution is 2.21. The van der Waals surface area contributed by atoms with Gasteiger partial charge in [-0.1, -0.05) is 0 Å². The van der Waals surface area contributed by atoms with E-state index in [9.17, 15) is 0 Å². The highest BCUT2D eigenvalue weighted by Gasteiger charge is 2.31. The van der Waals surface area contributed by atoms with E-state index in [0.29, 0.717) is 0 Å². The molecule has 0 aromatic rings. The minimum atomic E-state index is 0.0587. The first-order valence-electron chi connectivity index (χ1n) is 5.76. The van der Waals surface area contributed by atoms with Crippen LogP contribution in [0.25, 0.3) is 0 Å². The molecule has 0 atom stereocenters. The van der Waals surface area contributed by atoms with Gasteiger partial charge in [0.25, 0.3) is 0 Å². The molecule has 2 aliphatic rings. The smallest absolute Gasteiger partial charge is 0.0753 e. The normalized spacial score (nSPS) is 30.4. The molecule has 0 spiro atoms. The summed E-state index contributed by atoms with van der Waals surface area (Å²) in [6.07, 6.45) is 2.60. The van der Waals surface area contributed by atoms with Gasteiger partial charge < -0.3 is 10.1 Å². The molecule has 0 aliphatic carbocycles. The lowest BCUT2D eigenvalue weighted by atomic mass is 10.0. The molecule has 1 N–H and O–H groups in total. The number of morpholine rings is 1. The van der Waals surface area contributed by atoms with Gasteiger partial charge in [-0.2, -0.15) is 0 Å². The van der Waals surface area contributed by atoms with Crippen LogP contribution >= 0.6 is 0 Å². The lowest BCUT2D eigenvalue weighted by Crippen LogP contribution is -2.54. The number of rotatable bonds is 1. The molecule has 82 valence electrons. The summed E-state index contributed by atoms with van der Waals surface area (Å²) < 4.78 is 5.73. The third-order valence-electron chi connectivity index (χ3n) is 3.28. The van der Waals surface area contributed by atoms with Gasteiger partial charge in [-0.05, 0) is 39.8 Å². The van der Waals surface area contributed by atoms with Gasteiger partial charge in [0.05, 0.1) is 12.2 Å². The van der Waals surface area contributed by atoms with Crippen LogP contribution in [0, 0.1) is 0 Å². The van der Waals surface area contributed by atoms with E-state index >= 15 is 0 Å². The molecule has 0 bridgehead atoms. The van der Waals surface area contributed by atoms with Gasteiger partial charge in [-0.3, -0.25) is 4.90 Å². The Balaban J connectivity index is 1.89. The van der Waals surface area contributed by atoms with Crippen LogP contribution in [0.1, 0.15) is 26.7 Å². The van der Waals surface area contributed by atoms with Crippen LogP contribution in [0.3, 0.4) is 0 Å². The van der Waals surface area contributed by atoms with Crippen molar-refractivity contribution in [1.82, 2.24) is 10.2 Å². The molecule has 0 aromatic heterocycles. The fourth-order valence-corrected chi connectivity index (χ4v) is 2.54. The summed E-state index contributed by atoms with van der Waals surface area (Å²) in [5, 5.41) is 3.42. The van der Waals surface area contributed by atoms with Gasteiger partial charge in [0.2, 0.25) is 0 Å². The predicted molar refractivity (Wildman–Crippen MR) is 57.5 cm³/mol. The van der Waals surface area contributed by atoms with Crippen LogP contribution in [0.2, 0.25) is 0 Å². The first kappa shape index (κ1) is 10.4. The summed E-state index contributed by atoms with van der Waals surface area (Å²) in [5.41, 5.74) is 0.0587. The van der Waals surface area contributed by atoms with Gasteiger partial charge in [-0.15, -0.1) is 0 Å². The van der Waals surface area contributed by atoms with Crippen molar-refractivity contribution < 1.29 is 4.74 Å². The second kappa shape index (κ2) is 4.17. The Labute approximate surface area is 86.8 Å². The van der Waals surface area contributed by atoms with E-state index in [1.54, 1.807) is 0 Å². The molecule has 3 heteroatoms. The van der Waals surface area contributed by atoms with Crippen LogP contribution in [-0.2, 0) is 4.74 Å². The Morgan fingerprint density at radius 2 is 2.00 bits per heavy atom. The lowest BCUT2D eigenvalue weighted by Gasteiger charge is -2.43. The molecular formula is C11H22N2O. The van der Waals surface area contributed by atoms with Crippen LogP contribution < -0.4 is 5.32 Å². The highest BCUT2D eigenvalue weighted by molar-refractivity contribution is 4.85. The molecular weight excluding hydrogens is 176 g/mol. The molecule has 0 unspecified atom stereocenters. The molecule has 0 aromatic carbocycles. The van der Waals surface area contributed by atoms with Gasteiger partial charge in [-0.25, -0.2) is 0 Å². The van der Waals surface area contributed by atoms with Crippen LogP contribution in [-0.4, -0.2) is 49.3 Å². The minimum Gasteiger partial charge on any atom is -0.373 e. The minimum absolute atomic E-state index is 0.0587. The summed E-state index contributed by atoms with van der Waals surface area (Å²) >= 11 is 0. The maximum absolute atomic E-state index is 5.73. The Hall–Kier alpha value is -0.120. The number of piperidine rings is 1. The van der Waals surface area contributed by atoms with Crippen LogP contribution in [0.5, 0.6) is 0 Å².